The predicted molar refractivity (Wildman–Crippen MR) is 86.0 cm³/mol. The lowest BCUT2D eigenvalue weighted by Gasteiger charge is -2.12. The van der Waals surface area contributed by atoms with Crippen LogP contribution < -0.4 is 0 Å². The van der Waals surface area contributed by atoms with E-state index in [2.05, 4.69) is 0 Å². The van der Waals surface area contributed by atoms with Gasteiger partial charge in [-0.2, -0.15) is 0 Å². The highest BCUT2D eigenvalue weighted by Gasteiger charge is 2.17. The zero-order valence-corrected chi connectivity index (χ0v) is 12.5. The maximum atomic E-state index is 12.2. The zero-order chi connectivity index (χ0) is 15.4. The van der Waals surface area contributed by atoms with Gasteiger partial charge in [-0.25, -0.2) is 0 Å². The Morgan fingerprint density at radius 1 is 1.09 bits per heavy atom. The summed E-state index contributed by atoms with van der Waals surface area (Å²) in [5.74, 6) is 0.892. The van der Waals surface area contributed by atoms with Gasteiger partial charge < -0.3 is 9.15 Å². The number of carbonyl (C=O) groups is 1. The number of ketones is 1. The number of benzene rings is 2. The first-order valence-electron chi connectivity index (χ1n) is 7.37. The molecule has 0 bridgehead atoms. The molecular formula is C19H18O3. The van der Waals surface area contributed by atoms with Crippen LogP contribution in [0.3, 0.4) is 0 Å². The molecule has 0 fully saturated rings. The van der Waals surface area contributed by atoms with Crippen LogP contribution in [0.15, 0.2) is 65.1 Å². The highest BCUT2D eigenvalue weighted by Crippen LogP contribution is 2.29. The van der Waals surface area contributed by atoms with Crippen molar-refractivity contribution < 1.29 is 13.9 Å². The van der Waals surface area contributed by atoms with E-state index in [1.807, 2.05) is 60.7 Å². The van der Waals surface area contributed by atoms with Gasteiger partial charge in [0.05, 0.1) is 0 Å². The van der Waals surface area contributed by atoms with Gasteiger partial charge in [0.15, 0.2) is 5.78 Å². The minimum absolute atomic E-state index is 0.124. The van der Waals surface area contributed by atoms with Gasteiger partial charge in [0.1, 0.15) is 17.4 Å². The maximum absolute atomic E-state index is 12.2. The van der Waals surface area contributed by atoms with Crippen molar-refractivity contribution in [1.82, 2.24) is 0 Å². The van der Waals surface area contributed by atoms with Crippen molar-refractivity contribution in [3.05, 3.63) is 72.0 Å². The average molecular weight is 294 g/mol. The van der Waals surface area contributed by atoms with Gasteiger partial charge >= 0.3 is 0 Å². The van der Waals surface area contributed by atoms with E-state index in [9.17, 15) is 4.79 Å². The molecule has 112 valence electrons. The summed E-state index contributed by atoms with van der Waals surface area (Å²) >= 11 is 0. The van der Waals surface area contributed by atoms with E-state index in [1.54, 1.807) is 7.11 Å². The largest absolute Gasteiger partial charge is 0.458 e. The average Bonchev–Trinajstić information content (AvgIpc) is 3.00. The Balaban J connectivity index is 1.70. The van der Waals surface area contributed by atoms with Crippen molar-refractivity contribution in [2.24, 2.45) is 0 Å². The molecule has 1 unspecified atom stereocenters. The lowest BCUT2D eigenvalue weighted by Crippen LogP contribution is -2.05. The number of rotatable bonds is 6. The highest BCUT2D eigenvalue weighted by atomic mass is 16.5. The van der Waals surface area contributed by atoms with Crippen LogP contribution >= 0.6 is 0 Å². The SMILES string of the molecule is COC(CCC(=O)c1ccccc1)c1cc2ccccc2o1. The number of hydrogen-bond acceptors (Lipinski definition) is 3. The fraction of sp³-hybridized carbons (Fsp3) is 0.211. The minimum Gasteiger partial charge on any atom is -0.458 e. The van der Waals surface area contributed by atoms with Crippen molar-refractivity contribution in [2.75, 3.05) is 7.11 Å². The summed E-state index contributed by atoms with van der Waals surface area (Å²) in [6, 6.07) is 19.2. The van der Waals surface area contributed by atoms with Crippen LogP contribution in [-0.2, 0) is 4.74 Å². The van der Waals surface area contributed by atoms with Crippen molar-refractivity contribution in [3.63, 3.8) is 0 Å². The normalized spacial score (nSPS) is 12.4. The molecule has 0 radical (unpaired) electrons. The summed E-state index contributed by atoms with van der Waals surface area (Å²) in [5, 5.41) is 1.05. The third-order valence-corrected chi connectivity index (χ3v) is 3.78. The first kappa shape index (κ1) is 14.5. The third-order valence-electron chi connectivity index (χ3n) is 3.78. The summed E-state index contributed by atoms with van der Waals surface area (Å²) in [4.78, 5) is 12.2. The summed E-state index contributed by atoms with van der Waals surface area (Å²) in [6.07, 6.45) is 0.823. The molecule has 3 nitrogen and oxygen atoms in total. The van der Waals surface area contributed by atoms with Crippen molar-refractivity contribution in [3.8, 4) is 0 Å². The van der Waals surface area contributed by atoms with E-state index in [4.69, 9.17) is 9.15 Å². The highest BCUT2D eigenvalue weighted by molar-refractivity contribution is 5.96. The fourth-order valence-electron chi connectivity index (χ4n) is 2.57. The molecule has 22 heavy (non-hydrogen) atoms. The number of hydrogen-bond donors (Lipinski definition) is 0. The molecule has 0 spiro atoms. The van der Waals surface area contributed by atoms with E-state index >= 15 is 0 Å². The number of para-hydroxylation sites is 1. The molecule has 0 amide bonds. The molecule has 1 heterocycles. The second-order valence-corrected chi connectivity index (χ2v) is 5.24. The molecule has 0 aliphatic rings. The number of ether oxygens (including phenoxy) is 1. The van der Waals surface area contributed by atoms with Crippen molar-refractivity contribution in [1.29, 1.82) is 0 Å². The van der Waals surface area contributed by atoms with Crippen LogP contribution in [0.25, 0.3) is 11.0 Å². The Bertz CT molecular complexity index is 725. The number of carbonyl (C=O) groups excluding carboxylic acids is 1. The van der Waals surface area contributed by atoms with Crippen molar-refractivity contribution >= 4 is 16.8 Å². The summed E-state index contributed by atoms with van der Waals surface area (Å²) in [7, 11) is 1.64. The molecule has 3 aromatic rings. The number of Topliss-reactive ketones (excluding diaryl/α,β-unsaturated/α-hetero) is 1. The molecular weight excluding hydrogens is 276 g/mol. The van der Waals surface area contributed by atoms with Crippen molar-refractivity contribution in [2.45, 2.75) is 18.9 Å². The number of fused-ring (bicyclic) bond motifs is 1. The second-order valence-electron chi connectivity index (χ2n) is 5.24. The molecule has 3 heteroatoms. The molecule has 0 aliphatic heterocycles. The smallest absolute Gasteiger partial charge is 0.162 e. The first-order chi connectivity index (χ1) is 10.8. The standard InChI is InChI=1S/C19H18O3/c1-21-18(12-11-16(20)14-7-3-2-4-8-14)19-13-15-9-5-6-10-17(15)22-19/h2-10,13,18H,11-12H2,1H3. The zero-order valence-electron chi connectivity index (χ0n) is 12.5. The molecule has 0 aliphatic carbocycles. The van der Waals surface area contributed by atoms with Crippen LogP contribution in [0.5, 0.6) is 0 Å². The monoisotopic (exact) mass is 294 g/mol. The van der Waals surface area contributed by atoms with Gasteiger partial charge in [0.2, 0.25) is 0 Å². The Morgan fingerprint density at radius 3 is 2.55 bits per heavy atom. The fourth-order valence-corrected chi connectivity index (χ4v) is 2.57. The van der Waals surface area contributed by atoms with E-state index in [0.717, 1.165) is 22.3 Å². The molecule has 2 aromatic carbocycles. The van der Waals surface area contributed by atoms with E-state index < -0.39 is 0 Å². The summed E-state index contributed by atoms with van der Waals surface area (Å²) in [6.45, 7) is 0. The first-order valence-corrected chi connectivity index (χ1v) is 7.37. The van der Waals surface area contributed by atoms with E-state index in [0.29, 0.717) is 12.8 Å². The van der Waals surface area contributed by atoms with E-state index in [-0.39, 0.29) is 11.9 Å². The Morgan fingerprint density at radius 2 is 1.82 bits per heavy atom. The van der Waals surface area contributed by atoms with Crippen LogP contribution in [0.2, 0.25) is 0 Å². The lowest BCUT2D eigenvalue weighted by molar-refractivity contribution is 0.0706. The summed E-state index contributed by atoms with van der Waals surface area (Å²) < 4.78 is 11.3. The number of furan rings is 1. The third kappa shape index (κ3) is 3.10. The van der Waals surface area contributed by atoms with Gasteiger partial charge in [-0.05, 0) is 18.6 Å². The van der Waals surface area contributed by atoms with Gasteiger partial charge in [-0.3, -0.25) is 4.79 Å². The quantitative estimate of drug-likeness (QED) is 0.614. The summed E-state index contributed by atoms with van der Waals surface area (Å²) in [5.41, 5.74) is 1.58. The second kappa shape index (κ2) is 6.58. The van der Waals surface area contributed by atoms with E-state index in [1.165, 1.54) is 0 Å². The number of methoxy groups -OCH3 is 1. The predicted octanol–water partition coefficient (Wildman–Crippen LogP) is 4.78. The Kier molecular flexibility index (Phi) is 4.35. The van der Waals surface area contributed by atoms with Crippen LogP contribution in [0.1, 0.15) is 35.1 Å². The Hall–Kier alpha value is -2.39. The molecule has 0 saturated heterocycles. The van der Waals surface area contributed by atoms with Gasteiger partial charge in [0.25, 0.3) is 0 Å². The minimum atomic E-state index is -0.208. The molecule has 1 atom stereocenters. The van der Waals surface area contributed by atoms with Crippen LogP contribution in [0, 0.1) is 0 Å². The molecule has 0 N–H and O–H groups in total. The van der Waals surface area contributed by atoms with Crippen LogP contribution in [0.4, 0.5) is 0 Å². The lowest BCUT2D eigenvalue weighted by atomic mass is 10.0. The maximum Gasteiger partial charge on any atom is 0.162 e. The topological polar surface area (TPSA) is 39.4 Å². The van der Waals surface area contributed by atoms with Gasteiger partial charge in [-0.1, -0.05) is 48.5 Å². The molecule has 1 aromatic heterocycles. The Labute approximate surface area is 129 Å². The molecule has 0 saturated carbocycles. The molecule has 3 rings (SSSR count). The van der Waals surface area contributed by atoms with Gasteiger partial charge in [-0.15, -0.1) is 0 Å². The van der Waals surface area contributed by atoms with Gasteiger partial charge in [0, 0.05) is 24.5 Å². The van der Waals surface area contributed by atoms with Crippen LogP contribution in [-0.4, -0.2) is 12.9 Å².